The van der Waals surface area contributed by atoms with Crippen molar-refractivity contribution in [1.82, 2.24) is 15.7 Å². The number of benzene rings is 3. The van der Waals surface area contributed by atoms with Gasteiger partial charge in [-0.15, -0.1) is 0 Å². The van der Waals surface area contributed by atoms with E-state index in [1.54, 1.807) is 57.2 Å². The second-order valence-corrected chi connectivity index (χ2v) is 19.6. The number of hydrogen-bond donors (Lipinski definition) is 8. The van der Waals surface area contributed by atoms with Crippen molar-refractivity contribution >= 4 is 29.8 Å². The van der Waals surface area contributed by atoms with E-state index in [4.69, 9.17) is 33.3 Å². The zero-order chi connectivity index (χ0) is 50.8. The van der Waals surface area contributed by atoms with E-state index in [2.05, 4.69) is 10.6 Å². The maximum Gasteiger partial charge on any atom is 0.327 e. The Bertz CT molecular complexity index is 2330. The average Bonchev–Trinajstić information content (AvgIpc) is 3.93. The summed E-state index contributed by atoms with van der Waals surface area (Å²) in [4.78, 5) is 63.0. The van der Waals surface area contributed by atoms with Gasteiger partial charge in [0.25, 0.3) is 0 Å². The maximum absolute atomic E-state index is 15.3. The monoisotopic (exact) mass is 989 g/mol. The molecule has 4 heterocycles. The Labute approximate surface area is 410 Å². The summed E-state index contributed by atoms with van der Waals surface area (Å²) in [5, 5.41) is 67.9. The van der Waals surface area contributed by atoms with Gasteiger partial charge in [-0.05, 0) is 45.2 Å². The van der Waals surface area contributed by atoms with Crippen LogP contribution in [0.15, 0.2) is 91.0 Å². The molecule has 8 N–H and O–H groups in total. The van der Waals surface area contributed by atoms with Gasteiger partial charge in [0.15, 0.2) is 12.3 Å². The van der Waals surface area contributed by atoms with Crippen LogP contribution in [0.3, 0.4) is 0 Å². The van der Waals surface area contributed by atoms with Gasteiger partial charge in [0, 0.05) is 24.0 Å². The first kappa shape index (κ1) is 52.1. The quantitative estimate of drug-likeness (QED) is 0.0804. The van der Waals surface area contributed by atoms with Crippen molar-refractivity contribution in [2.75, 3.05) is 19.8 Å². The third kappa shape index (κ3) is 10.7. The highest BCUT2D eigenvalue weighted by molar-refractivity contribution is 5.96. The van der Waals surface area contributed by atoms with Crippen LogP contribution in [-0.4, -0.2) is 164 Å². The number of fused-ring (bicyclic) bond motifs is 4. The van der Waals surface area contributed by atoms with Gasteiger partial charge in [0.1, 0.15) is 65.9 Å². The van der Waals surface area contributed by atoms with E-state index in [1.807, 2.05) is 60.7 Å². The summed E-state index contributed by atoms with van der Waals surface area (Å²) in [5.41, 5.74) is 0.136. The van der Waals surface area contributed by atoms with Gasteiger partial charge >= 0.3 is 11.9 Å². The number of nitrogens with zero attached hydrogens (tertiary/aromatic N) is 1. The van der Waals surface area contributed by atoms with E-state index >= 15 is 4.79 Å². The van der Waals surface area contributed by atoms with Gasteiger partial charge in [0.05, 0.1) is 38.5 Å². The number of hydroxylamine groups is 2. The number of amides is 2. The Balaban J connectivity index is 1.05. The Morgan fingerprint density at radius 1 is 0.887 bits per heavy atom. The molecule has 3 aromatic rings. The number of ether oxygens (including phenoxy) is 6. The van der Waals surface area contributed by atoms with Crippen LogP contribution in [0.1, 0.15) is 69.2 Å². The Morgan fingerprint density at radius 3 is 2.14 bits per heavy atom. The number of hydrogen-bond acceptors (Lipinski definition) is 18. The topological polar surface area (TPSA) is 282 Å². The summed E-state index contributed by atoms with van der Waals surface area (Å²) < 4.78 is 36.5. The van der Waals surface area contributed by atoms with E-state index in [-0.39, 0.29) is 32.4 Å². The van der Waals surface area contributed by atoms with Crippen molar-refractivity contribution in [2.24, 2.45) is 5.41 Å². The Hall–Kier alpha value is -5.20. The molecule has 14 unspecified atom stereocenters. The lowest BCUT2D eigenvalue weighted by molar-refractivity contribution is -0.298. The molecule has 20 nitrogen and oxygen atoms in total. The molecule has 384 valence electrons. The van der Waals surface area contributed by atoms with Gasteiger partial charge in [-0.25, -0.2) is 0 Å². The lowest BCUT2D eigenvalue weighted by Crippen LogP contribution is -2.71. The molecule has 1 aliphatic carbocycles. The van der Waals surface area contributed by atoms with E-state index in [0.717, 1.165) is 5.56 Å². The fourth-order valence-electron chi connectivity index (χ4n) is 10.0. The zero-order valence-corrected chi connectivity index (χ0v) is 39.8. The predicted octanol–water partition coefficient (Wildman–Crippen LogP) is 0.466. The molecule has 4 aliphatic heterocycles. The third-order valence-corrected chi connectivity index (χ3v) is 13.5. The van der Waals surface area contributed by atoms with Crippen molar-refractivity contribution in [3.8, 4) is 0 Å². The maximum atomic E-state index is 15.3. The number of esters is 2. The standard InChI is InChI=1S/C51H63N3O17/c1-28(57)37(45(62)52-33(26-55)21-22-36(58)68-49(2,3)4)53-48(64)50-24-34-41-42(70-51(69-41,31-13-7-5-8-14-31)32-15-9-6-10-16-32)44(50)71-54(43(50)46(63)66-34)25-30-19-17-29(18-20-30)12-11-23-65-47-40(61)39(60)38(59)35(27-56)67-47/h5-20,28,33-35,37-44,47,55-57,59-61H,21-27H2,1-4H3,(H,52,62)(H,53,64). The lowest BCUT2D eigenvalue weighted by atomic mass is 9.62. The summed E-state index contributed by atoms with van der Waals surface area (Å²) in [7, 11) is 0. The first-order valence-corrected chi connectivity index (χ1v) is 23.8. The largest absolute Gasteiger partial charge is 0.460 e. The van der Waals surface area contributed by atoms with Gasteiger partial charge in [-0.2, -0.15) is 5.06 Å². The summed E-state index contributed by atoms with van der Waals surface area (Å²) in [5.74, 6) is -4.49. The fourth-order valence-corrected chi connectivity index (χ4v) is 10.0. The highest BCUT2D eigenvalue weighted by Crippen LogP contribution is 2.59. The molecule has 71 heavy (non-hydrogen) atoms. The molecule has 5 fully saturated rings. The molecule has 5 aliphatic rings. The summed E-state index contributed by atoms with van der Waals surface area (Å²) in [6.07, 6.45) is -9.59. The van der Waals surface area contributed by atoms with E-state index < -0.39 is 133 Å². The van der Waals surface area contributed by atoms with Crippen LogP contribution in [0.4, 0.5) is 0 Å². The number of carbonyl (C=O) groups excluding carboxylic acids is 4. The van der Waals surface area contributed by atoms with Crippen LogP contribution in [0.25, 0.3) is 6.08 Å². The molecule has 8 rings (SSSR count). The first-order chi connectivity index (χ1) is 33.9. The van der Waals surface area contributed by atoms with E-state index in [9.17, 15) is 45.0 Å². The molecule has 14 atom stereocenters. The third-order valence-electron chi connectivity index (χ3n) is 13.5. The molecule has 2 amide bonds. The number of carbonyl (C=O) groups is 4. The van der Waals surface area contributed by atoms with Crippen LogP contribution in [0.5, 0.6) is 0 Å². The Kier molecular flexibility index (Phi) is 15.8. The smallest absolute Gasteiger partial charge is 0.327 e. The van der Waals surface area contributed by atoms with Crippen molar-refractivity contribution in [1.29, 1.82) is 0 Å². The van der Waals surface area contributed by atoms with Gasteiger partial charge in [-0.1, -0.05) is 97.1 Å². The molecule has 3 aromatic carbocycles. The second-order valence-electron chi connectivity index (χ2n) is 19.6. The summed E-state index contributed by atoms with van der Waals surface area (Å²) >= 11 is 0. The van der Waals surface area contributed by atoms with Crippen molar-refractivity contribution in [3.05, 3.63) is 113 Å². The van der Waals surface area contributed by atoms with Crippen LogP contribution >= 0.6 is 0 Å². The van der Waals surface area contributed by atoms with Crippen molar-refractivity contribution < 1.29 is 83.1 Å². The van der Waals surface area contributed by atoms with Crippen LogP contribution in [0, 0.1) is 5.41 Å². The van der Waals surface area contributed by atoms with E-state index in [1.165, 1.54) is 12.0 Å². The minimum Gasteiger partial charge on any atom is -0.460 e. The Morgan fingerprint density at radius 2 is 1.54 bits per heavy atom. The predicted molar refractivity (Wildman–Crippen MR) is 247 cm³/mol. The summed E-state index contributed by atoms with van der Waals surface area (Å²) in [6, 6.07) is 21.7. The molecule has 0 radical (unpaired) electrons. The minimum atomic E-state index is -1.78. The molecule has 0 spiro atoms. The molecule has 2 bridgehead atoms. The lowest BCUT2D eigenvalue weighted by Gasteiger charge is -2.49. The van der Waals surface area contributed by atoms with Gasteiger partial charge < -0.3 is 69.7 Å². The number of rotatable bonds is 18. The van der Waals surface area contributed by atoms with Crippen LogP contribution in [-0.2, 0) is 64.8 Å². The van der Waals surface area contributed by atoms with Crippen LogP contribution in [0.2, 0.25) is 0 Å². The van der Waals surface area contributed by atoms with E-state index in [0.29, 0.717) is 16.7 Å². The highest BCUT2D eigenvalue weighted by atomic mass is 16.8. The number of aliphatic hydroxyl groups excluding tert-OH is 6. The zero-order valence-electron chi connectivity index (χ0n) is 39.8. The first-order valence-electron chi connectivity index (χ1n) is 23.8. The van der Waals surface area contributed by atoms with Crippen molar-refractivity contribution in [2.45, 2.75) is 144 Å². The fraction of sp³-hybridized carbons (Fsp3) is 0.529. The molecule has 20 heteroatoms. The average molecular weight is 990 g/mol. The molecule has 1 saturated carbocycles. The van der Waals surface area contributed by atoms with Crippen molar-refractivity contribution in [3.63, 3.8) is 0 Å². The SMILES string of the molecule is CC(O)C(NC(=O)C12CC3OC(=O)C1N(Cc1ccc(C=CCOC4OC(CO)C(O)C(O)C4O)cc1)OC2C1OC(c2ccccc2)(c2ccccc2)OC31)C(=O)NC(CO)CCC(=O)OC(C)(C)C. The molecule has 4 saturated heterocycles. The molecule has 0 aromatic heterocycles. The molecular formula is C51H63N3O17. The number of aliphatic hydroxyl groups is 6. The second kappa shape index (κ2) is 21.5. The van der Waals surface area contributed by atoms with Crippen LogP contribution < -0.4 is 10.6 Å². The highest BCUT2D eigenvalue weighted by Gasteiger charge is 2.77. The normalized spacial score (nSPS) is 31.3. The molecular weight excluding hydrogens is 927 g/mol. The number of nitrogens with one attached hydrogen (secondary N) is 2. The summed E-state index contributed by atoms with van der Waals surface area (Å²) in [6.45, 7) is 5.24. The van der Waals surface area contributed by atoms with Gasteiger partial charge in [-0.3, -0.25) is 24.0 Å². The van der Waals surface area contributed by atoms with Gasteiger partial charge in [0.2, 0.25) is 17.6 Å². The minimum absolute atomic E-state index is 0.00421.